The van der Waals surface area contributed by atoms with Crippen LogP contribution in [-0.2, 0) is 6.54 Å². The van der Waals surface area contributed by atoms with E-state index >= 15 is 0 Å². The van der Waals surface area contributed by atoms with Crippen LogP contribution in [0, 0.1) is 13.8 Å². The molecule has 0 spiro atoms. The summed E-state index contributed by atoms with van der Waals surface area (Å²) in [5, 5.41) is 5.92. The molecule has 20 heavy (non-hydrogen) atoms. The van der Waals surface area contributed by atoms with Gasteiger partial charge in [0.25, 0.3) is 5.91 Å². The van der Waals surface area contributed by atoms with Crippen LogP contribution in [-0.4, -0.2) is 15.9 Å². The first kappa shape index (κ1) is 12.9. The molecule has 0 aliphatic rings. The fourth-order valence-electron chi connectivity index (χ4n) is 2.20. The number of nitrogens with zero attached hydrogens (tertiary/aromatic N) is 1. The van der Waals surface area contributed by atoms with Crippen LogP contribution in [0.25, 0.3) is 10.9 Å². The van der Waals surface area contributed by atoms with Crippen LogP contribution in [0.5, 0.6) is 0 Å². The van der Waals surface area contributed by atoms with Gasteiger partial charge in [-0.1, -0.05) is 0 Å². The summed E-state index contributed by atoms with van der Waals surface area (Å²) in [6.07, 6.45) is 0. The Kier molecular flexibility index (Phi) is 3.28. The molecule has 4 nitrogen and oxygen atoms in total. The first-order valence-electron chi connectivity index (χ1n) is 6.39. The number of hydrogen-bond acceptors (Lipinski definition) is 3. The summed E-state index contributed by atoms with van der Waals surface area (Å²) in [7, 11) is 0. The van der Waals surface area contributed by atoms with Gasteiger partial charge in [-0.05, 0) is 37.6 Å². The standard InChI is InChI=1S/C15H15N3OS/c1-9-10(2)18-14-4-3-11(5-13(9)14)15(19)16-6-12-7-20-8-17-12/h3-5,7-8,18H,6H2,1-2H3,(H,16,19). The third kappa shape index (κ3) is 2.32. The Morgan fingerprint density at radius 1 is 1.40 bits per heavy atom. The topological polar surface area (TPSA) is 57.8 Å². The first-order chi connectivity index (χ1) is 9.65. The molecule has 3 rings (SSSR count). The van der Waals surface area contributed by atoms with Crippen molar-refractivity contribution in [3.05, 3.63) is 51.6 Å². The lowest BCUT2D eigenvalue weighted by atomic mass is 10.1. The molecule has 0 aliphatic heterocycles. The van der Waals surface area contributed by atoms with E-state index in [1.807, 2.05) is 30.5 Å². The van der Waals surface area contributed by atoms with Crippen molar-refractivity contribution in [1.29, 1.82) is 0 Å². The summed E-state index contributed by atoms with van der Waals surface area (Å²) >= 11 is 1.53. The average Bonchev–Trinajstić information content (AvgIpc) is 3.06. The number of aromatic nitrogens is 2. The number of rotatable bonds is 3. The molecule has 0 saturated carbocycles. The lowest BCUT2D eigenvalue weighted by Crippen LogP contribution is -2.22. The molecule has 3 aromatic rings. The fraction of sp³-hybridized carbons (Fsp3) is 0.200. The molecule has 0 atom stereocenters. The number of thiazole rings is 1. The zero-order valence-corrected chi connectivity index (χ0v) is 12.2. The number of aryl methyl sites for hydroxylation is 2. The largest absolute Gasteiger partial charge is 0.358 e. The van der Waals surface area contributed by atoms with Gasteiger partial charge in [0.2, 0.25) is 0 Å². The van der Waals surface area contributed by atoms with Crippen LogP contribution in [0.2, 0.25) is 0 Å². The zero-order chi connectivity index (χ0) is 14.1. The van der Waals surface area contributed by atoms with E-state index in [1.54, 1.807) is 5.51 Å². The second-order valence-corrected chi connectivity index (χ2v) is 5.52. The van der Waals surface area contributed by atoms with Gasteiger partial charge in [0, 0.05) is 27.5 Å². The Bertz CT molecular complexity index is 759. The molecule has 1 amide bonds. The molecule has 5 heteroatoms. The minimum absolute atomic E-state index is 0.0712. The molecule has 2 N–H and O–H groups in total. The van der Waals surface area contributed by atoms with Crippen LogP contribution in [0.1, 0.15) is 27.3 Å². The number of hydrogen-bond donors (Lipinski definition) is 2. The molecule has 0 radical (unpaired) electrons. The summed E-state index contributed by atoms with van der Waals surface area (Å²) in [5.41, 5.74) is 6.72. The van der Waals surface area contributed by atoms with Crippen molar-refractivity contribution >= 4 is 28.1 Å². The predicted molar refractivity (Wildman–Crippen MR) is 81.1 cm³/mol. The number of carbonyl (C=O) groups is 1. The van der Waals surface area contributed by atoms with Gasteiger partial charge in [-0.2, -0.15) is 0 Å². The molecule has 0 unspecified atom stereocenters. The molecule has 0 aliphatic carbocycles. The first-order valence-corrected chi connectivity index (χ1v) is 7.33. The summed E-state index contributed by atoms with van der Waals surface area (Å²) < 4.78 is 0. The molecule has 2 aromatic heterocycles. The number of H-pyrrole nitrogens is 1. The Hall–Kier alpha value is -2.14. The molecule has 0 fully saturated rings. The highest BCUT2D eigenvalue weighted by molar-refractivity contribution is 7.07. The van der Waals surface area contributed by atoms with Gasteiger partial charge in [0.15, 0.2) is 0 Å². The van der Waals surface area contributed by atoms with Crippen molar-refractivity contribution in [2.24, 2.45) is 0 Å². The van der Waals surface area contributed by atoms with E-state index < -0.39 is 0 Å². The maximum Gasteiger partial charge on any atom is 0.251 e. The molecular weight excluding hydrogens is 270 g/mol. The molecule has 0 bridgehead atoms. The van der Waals surface area contributed by atoms with Gasteiger partial charge >= 0.3 is 0 Å². The van der Waals surface area contributed by atoms with Crippen molar-refractivity contribution < 1.29 is 4.79 Å². The number of nitrogens with one attached hydrogen (secondary N) is 2. The molecule has 102 valence electrons. The minimum Gasteiger partial charge on any atom is -0.358 e. The normalized spacial score (nSPS) is 10.9. The second kappa shape index (κ2) is 5.09. The number of benzene rings is 1. The molecule has 2 heterocycles. The molecular formula is C15H15N3OS. The van der Waals surface area contributed by atoms with E-state index in [-0.39, 0.29) is 5.91 Å². The Balaban J connectivity index is 1.82. The Morgan fingerprint density at radius 2 is 2.25 bits per heavy atom. The van der Waals surface area contributed by atoms with Crippen molar-refractivity contribution in [2.45, 2.75) is 20.4 Å². The maximum absolute atomic E-state index is 12.2. The Morgan fingerprint density at radius 3 is 3.00 bits per heavy atom. The van der Waals surface area contributed by atoms with Crippen LogP contribution < -0.4 is 5.32 Å². The van der Waals surface area contributed by atoms with Gasteiger partial charge in [-0.25, -0.2) is 4.98 Å². The number of amides is 1. The van der Waals surface area contributed by atoms with E-state index in [0.29, 0.717) is 12.1 Å². The smallest absolute Gasteiger partial charge is 0.251 e. The van der Waals surface area contributed by atoms with E-state index in [1.165, 1.54) is 16.9 Å². The van der Waals surface area contributed by atoms with Gasteiger partial charge < -0.3 is 10.3 Å². The van der Waals surface area contributed by atoms with E-state index in [9.17, 15) is 4.79 Å². The van der Waals surface area contributed by atoms with Gasteiger partial charge in [-0.3, -0.25) is 4.79 Å². The highest BCUT2D eigenvalue weighted by Gasteiger charge is 2.10. The van der Waals surface area contributed by atoms with Gasteiger partial charge in [-0.15, -0.1) is 11.3 Å². The minimum atomic E-state index is -0.0712. The second-order valence-electron chi connectivity index (χ2n) is 4.80. The number of aromatic amines is 1. The number of fused-ring (bicyclic) bond motifs is 1. The monoisotopic (exact) mass is 285 g/mol. The summed E-state index contributed by atoms with van der Waals surface area (Å²) in [5.74, 6) is -0.0712. The van der Waals surface area contributed by atoms with Crippen LogP contribution in [0.3, 0.4) is 0 Å². The van der Waals surface area contributed by atoms with Crippen molar-refractivity contribution in [1.82, 2.24) is 15.3 Å². The molecule has 0 saturated heterocycles. The SMILES string of the molecule is Cc1[nH]c2ccc(C(=O)NCc3cscn3)cc2c1C. The van der Waals surface area contributed by atoms with Crippen molar-refractivity contribution in [3.8, 4) is 0 Å². The third-order valence-electron chi connectivity index (χ3n) is 3.48. The third-order valence-corrected chi connectivity index (χ3v) is 4.12. The Labute approximate surface area is 120 Å². The quantitative estimate of drug-likeness (QED) is 0.776. The highest BCUT2D eigenvalue weighted by Crippen LogP contribution is 2.22. The predicted octanol–water partition coefficient (Wildman–Crippen LogP) is 3.17. The molecule has 1 aromatic carbocycles. The van der Waals surface area contributed by atoms with Crippen LogP contribution in [0.4, 0.5) is 0 Å². The van der Waals surface area contributed by atoms with Crippen LogP contribution >= 0.6 is 11.3 Å². The lowest BCUT2D eigenvalue weighted by molar-refractivity contribution is 0.0950. The summed E-state index contributed by atoms with van der Waals surface area (Å²) in [6.45, 7) is 4.56. The summed E-state index contributed by atoms with van der Waals surface area (Å²) in [4.78, 5) is 19.6. The summed E-state index contributed by atoms with van der Waals surface area (Å²) in [6, 6.07) is 5.73. The van der Waals surface area contributed by atoms with Gasteiger partial charge in [0.05, 0.1) is 17.7 Å². The van der Waals surface area contributed by atoms with E-state index in [0.717, 1.165) is 22.3 Å². The highest BCUT2D eigenvalue weighted by atomic mass is 32.1. The van der Waals surface area contributed by atoms with E-state index in [4.69, 9.17) is 0 Å². The van der Waals surface area contributed by atoms with Crippen molar-refractivity contribution in [2.75, 3.05) is 0 Å². The van der Waals surface area contributed by atoms with Crippen LogP contribution in [0.15, 0.2) is 29.1 Å². The number of carbonyl (C=O) groups excluding carboxylic acids is 1. The van der Waals surface area contributed by atoms with Crippen molar-refractivity contribution in [3.63, 3.8) is 0 Å². The van der Waals surface area contributed by atoms with E-state index in [2.05, 4.69) is 22.2 Å². The lowest BCUT2D eigenvalue weighted by Gasteiger charge is -2.04. The maximum atomic E-state index is 12.2. The van der Waals surface area contributed by atoms with Gasteiger partial charge in [0.1, 0.15) is 0 Å². The fourth-order valence-corrected chi connectivity index (χ4v) is 2.76. The average molecular weight is 285 g/mol. The zero-order valence-electron chi connectivity index (χ0n) is 11.4.